The van der Waals surface area contributed by atoms with E-state index in [1.165, 1.54) is 37.1 Å². The average Bonchev–Trinajstić information content (AvgIpc) is 3.23. The minimum atomic E-state index is -4.59. The van der Waals surface area contributed by atoms with E-state index >= 15 is 0 Å². The number of alkyl halides is 4. The van der Waals surface area contributed by atoms with E-state index < -0.39 is 18.3 Å². The van der Waals surface area contributed by atoms with Gasteiger partial charge in [-0.1, -0.05) is 42.1 Å². The lowest BCUT2D eigenvalue weighted by Gasteiger charge is -2.16. The van der Waals surface area contributed by atoms with Crippen LogP contribution in [0.15, 0.2) is 66.0 Å². The van der Waals surface area contributed by atoms with Gasteiger partial charge in [0, 0.05) is 24.1 Å². The molecule has 4 rings (SSSR count). The molecule has 0 amide bonds. The number of aromatic nitrogens is 3. The van der Waals surface area contributed by atoms with Crippen LogP contribution < -0.4 is 14.2 Å². The molecule has 0 unspecified atom stereocenters. The molecule has 0 aliphatic heterocycles. The molecule has 0 saturated heterocycles. The molecule has 2 aromatic carbocycles. The number of nitrogens with one attached hydrogen (secondary N) is 1. The van der Waals surface area contributed by atoms with Gasteiger partial charge in [0.2, 0.25) is 0 Å². The van der Waals surface area contributed by atoms with Crippen molar-refractivity contribution in [2.45, 2.75) is 30.1 Å². The summed E-state index contributed by atoms with van der Waals surface area (Å²) in [6.45, 7) is 0.367. The molecule has 0 aliphatic rings. The van der Waals surface area contributed by atoms with Crippen LogP contribution in [0.5, 0.6) is 17.2 Å². The highest BCUT2D eigenvalue weighted by Crippen LogP contribution is 2.34. The van der Waals surface area contributed by atoms with Crippen LogP contribution >= 0.6 is 11.8 Å². The SMILES string of the molecule is COc1c(OCc2ccccc2)ccnc1CSc1nc2cc(OC(F)(F)C(F)F)ccc2[nH]1. The highest BCUT2D eigenvalue weighted by atomic mass is 32.2. The van der Waals surface area contributed by atoms with Gasteiger partial charge < -0.3 is 19.2 Å². The van der Waals surface area contributed by atoms with Gasteiger partial charge in [0.1, 0.15) is 12.4 Å². The maximum atomic E-state index is 13.2. The molecule has 178 valence electrons. The van der Waals surface area contributed by atoms with Gasteiger partial charge in [-0.2, -0.15) is 17.6 Å². The molecule has 2 heterocycles. The van der Waals surface area contributed by atoms with Gasteiger partial charge >= 0.3 is 12.5 Å². The number of imidazole rings is 1. The van der Waals surface area contributed by atoms with Crippen LogP contribution in [0.25, 0.3) is 11.0 Å². The van der Waals surface area contributed by atoms with E-state index in [4.69, 9.17) is 9.47 Å². The second-order valence-corrected chi connectivity index (χ2v) is 8.00. The van der Waals surface area contributed by atoms with Gasteiger partial charge in [0.25, 0.3) is 0 Å². The van der Waals surface area contributed by atoms with Crippen LogP contribution in [0, 0.1) is 0 Å². The summed E-state index contributed by atoms with van der Waals surface area (Å²) in [5.74, 6) is 1.00. The van der Waals surface area contributed by atoms with Crippen LogP contribution in [-0.4, -0.2) is 34.6 Å². The maximum Gasteiger partial charge on any atom is 0.461 e. The minimum absolute atomic E-state index is 0.296. The summed E-state index contributed by atoms with van der Waals surface area (Å²) in [7, 11) is 1.53. The average molecular weight is 493 g/mol. The Hall–Kier alpha value is -3.47. The van der Waals surface area contributed by atoms with Crippen LogP contribution in [0.3, 0.4) is 0 Å². The third-order valence-corrected chi connectivity index (χ3v) is 5.55. The van der Waals surface area contributed by atoms with Gasteiger partial charge in [0.15, 0.2) is 16.7 Å². The van der Waals surface area contributed by atoms with E-state index in [9.17, 15) is 17.6 Å². The van der Waals surface area contributed by atoms with Crippen LogP contribution in [0.4, 0.5) is 17.6 Å². The second-order valence-electron chi connectivity index (χ2n) is 7.04. The smallest absolute Gasteiger partial charge is 0.461 e. The minimum Gasteiger partial charge on any atom is -0.491 e. The van der Waals surface area contributed by atoms with Crippen LogP contribution in [0.2, 0.25) is 0 Å². The molecule has 2 aromatic heterocycles. The number of methoxy groups -OCH3 is 1. The number of halogens is 4. The molecule has 34 heavy (non-hydrogen) atoms. The summed E-state index contributed by atoms with van der Waals surface area (Å²) in [4.78, 5) is 11.7. The Morgan fingerprint density at radius 3 is 2.62 bits per heavy atom. The highest BCUT2D eigenvalue weighted by molar-refractivity contribution is 7.98. The lowest BCUT2D eigenvalue weighted by atomic mass is 10.2. The third-order valence-electron chi connectivity index (χ3n) is 4.67. The Balaban J connectivity index is 1.45. The summed E-state index contributed by atoms with van der Waals surface area (Å²) >= 11 is 1.30. The standard InChI is InChI=1S/C23H19F4N3O3S/c1-31-20-18(28-10-9-19(20)32-12-14-5-3-2-4-6-14)13-34-22-29-16-8-7-15(11-17(16)30-22)33-23(26,27)21(24)25/h2-11,21H,12-13H2,1H3,(H,29,30). The van der Waals surface area contributed by atoms with E-state index in [0.29, 0.717) is 45.7 Å². The molecule has 0 saturated carbocycles. The molecule has 1 N–H and O–H groups in total. The van der Waals surface area contributed by atoms with E-state index in [1.807, 2.05) is 30.3 Å². The number of benzene rings is 2. The van der Waals surface area contributed by atoms with E-state index in [0.717, 1.165) is 5.56 Å². The lowest BCUT2D eigenvalue weighted by molar-refractivity contribution is -0.253. The summed E-state index contributed by atoms with van der Waals surface area (Å²) in [5.41, 5.74) is 2.47. The summed E-state index contributed by atoms with van der Waals surface area (Å²) in [6.07, 6.45) is -6.91. The van der Waals surface area contributed by atoms with Crippen molar-refractivity contribution in [3.8, 4) is 17.2 Å². The van der Waals surface area contributed by atoms with Crippen molar-refractivity contribution in [1.29, 1.82) is 0 Å². The zero-order valence-corrected chi connectivity index (χ0v) is 18.6. The quantitative estimate of drug-likeness (QED) is 0.214. The number of rotatable bonds is 10. The van der Waals surface area contributed by atoms with Crippen molar-refractivity contribution in [1.82, 2.24) is 15.0 Å². The number of pyridine rings is 1. The van der Waals surface area contributed by atoms with Crippen molar-refractivity contribution in [2.75, 3.05) is 7.11 Å². The Bertz CT molecular complexity index is 1250. The molecule has 0 bridgehead atoms. The number of nitrogens with zero attached hydrogens (tertiary/aromatic N) is 2. The third kappa shape index (κ3) is 5.53. The number of hydrogen-bond acceptors (Lipinski definition) is 6. The molecular weight excluding hydrogens is 474 g/mol. The summed E-state index contributed by atoms with van der Waals surface area (Å²) in [5, 5.41) is 0.479. The van der Waals surface area contributed by atoms with Crippen molar-refractivity contribution in [3.05, 3.63) is 72.1 Å². The zero-order valence-electron chi connectivity index (χ0n) is 17.8. The topological polar surface area (TPSA) is 69.3 Å². The fourth-order valence-electron chi connectivity index (χ4n) is 3.07. The number of aromatic amines is 1. The fraction of sp³-hybridized carbons (Fsp3) is 0.217. The molecule has 0 aliphatic carbocycles. The number of hydrogen-bond donors (Lipinski definition) is 1. The lowest BCUT2D eigenvalue weighted by Crippen LogP contribution is -2.33. The highest BCUT2D eigenvalue weighted by Gasteiger charge is 2.44. The summed E-state index contributed by atoms with van der Waals surface area (Å²) < 4.78 is 66.6. The first-order valence-electron chi connectivity index (χ1n) is 10.0. The summed E-state index contributed by atoms with van der Waals surface area (Å²) in [6, 6.07) is 15.2. The van der Waals surface area contributed by atoms with Gasteiger partial charge in [-0.3, -0.25) is 4.98 Å². The van der Waals surface area contributed by atoms with Crippen molar-refractivity contribution in [3.63, 3.8) is 0 Å². The molecule has 0 radical (unpaired) electrons. The first-order valence-corrected chi connectivity index (χ1v) is 11.0. The molecule has 11 heteroatoms. The van der Waals surface area contributed by atoms with E-state index in [1.54, 1.807) is 12.3 Å². The Morgan fingerprint density at radius 2 is 1.88 bits per heavy atom. The predicted molar refractivity (Wildman–Crippen MR) is 119 cm³/mol. The number of ether oxygens (including phenoxy) is 3. The monoisotopic (exact) mass is 493 g/mol. The predicted octanol–water partition coefficient (Wildman–Crippen LogP) is 6.07. The van der Waals surface area contributed by atoms with Crippen molar-refractivity contribution < 1.29 is 31.8 Å². The molecule has 0 atom stereocenters. The van der Waals surface area contributed by atoms with Gasteiger partial charge in [0.05, 0.1) is 23.8 Å². The zero-order chi connectivity index (χ0) is 24.1. The number of thioether (sulfide) groups is 1. The van der Waals surface area contributed by atoms with Gasteiger partial charge in [-0.25, -0.2) is 4.98 Å². The molecule has 4 aromatic rings. The Kier molecular flexibility index (Phi) is 7.11. The largest absolute Gasteiger partial charge is 0.491 e. The Labute approximate surface area is 196 Å². The van der Waals surface area contributed by atoms with Crippen molar-refractivity contribution in [2.24, 2.45) is 0 Å². The maximum absolute atomic E-state index is 13.2. The fourth-order valence-corrected chi connectivity index (χ4v) is 3.90. The molecular formula is C23H19F4N3O3S. The normalized spacial score (nSPS) is 11.7. The van der Waals surface area contributed by atoms with E-state index in [2.05, 4.69) is 19.7 Å². The first-order chi connectivity index (χ1) is 16.4. The Morgan fingerprint density at radius 1 is 1.09 bits per heavy atom. The van der Waals surface area contributed by atoms with E-state index in [-0.39, 0.29) is 0 Å². The molecule has 0 fully saturated rings. The van der Waals surface area contributed by atoms with Crippen LogP contribution in [-0.2, 0) is 12.4 Å². The number of fused-ring (bicyclic) bond motifs is 1. The first kappa shape index (κ1) is 23.7. The molecule has 6 nitrogen and oxygen atoms in total. The van der Waals surface area contributed by atoms with Gasteiger partial charge in [-0.05, 0) is 17.7 Å². The van der Waals surface area contributed by atoms with Crippen LogP contribution in [0.1, 0.15) is 11.3 Å². The second kappa shape index (κ2) is 10.2. The van der Waals surface area contributed by atoms with Gasteiger partial charge in [-0.15, -0.1) is 0 Å². The molecule has 0 spiro atoms. The van der Waals surface area contributed by atoms with Crippen molar-refractivity contribution >= 4 is 22.8 Å². The number of H-pyrrole nitrogens is 1.